The molecule has 2 aromatic carbocycles. The van der Waals surface area contributed by atoms with Gasteiger partial charge in [0.1, 0.15) is 5.82 Å². The van der Waals surface area contributed by atoms with Gasteiger partial charge in [-0.3, -0.25) is 4.79 Å². The number of nitrogens with one attached hydrogen (secondary N) is 1. The molecule has 0 radical (unpaired) electrons. The first-order chi connectivity index (χ1) is 15.3. The third kappa shape index (κ3) is 4.37. The molecule has 2 fully saturated rings. The first kappa shape index (κ1) is 22.3. The largest absolute Gasteiger partial charge is 0.399 e. The number of amides is 1. The topological polar surface area (TPSA) is 99.0 Å². The molecule has 4 rings (SSSR count). The normalized spacial score (nSPS) is 17.1. The Labute approximate surface area is 187 Å². The number of rotatable bonds is 5. The molecule has 0 atom stereocenters. The summed E-state index contributed by atoms with van der Waals surface area (Å²) in [6, 6.07) is 9.34. The lowest BCUT2D eigenvalue weighted by atomic mass is 10.1. The van der Waals surface area contributed by atoms with Gasteiger partial charge in [-0.2, -0.15) is 0 Å². The van der Waals surface area contributed by atoms with Crippen LogP contribution < -0.4 is 20.3 Å². The Bertz CT molecular complexity index is 1110. The quantitative estimate of drug-likeness (QED) is 0.660. The molecule has 1 amide bonds. The highest BCUT2D eigenvalue weighted by Crippen LogP contribution is 2.29. The van der Waals surface area contributed by atoms with Crippen LogP contribution in [0.15, 0.2) is 41.3 Å². The van der Waals surface area contributed by atoms with E-state index in [4.69, 9.17) is 5.73 Å². The number of halogens is 1. The monoisotopic (exact) mass is 461 g/mol. The van der Waals surface area contributed by atoms with Crippen LogP contribution in [0.25, 0.3) is 0 Å². The molecule has 32 heavy (non-hydrogen) atoms. The van der Waals surface area contributed by atoms with E-state index in [-0.39, 0.29) is 16.6 Å². The van der Waals surface area contributed by atoms with E-state index in [1.54, 1.807) is 23.1 Å². The Hall–Kier alpha value is -2.85. The molecule has 0 spiro atoms. The van der Waals surface area contributed by atoms with Gasteiger partial charge in [0.2, 0.25) is 10.0 Å². The van der Waals surface area contributed by atoms with Crippen LogP contribution in [-0.2, 0) is 10.0 Å². The summed E-state index contributed by atoms with van der Waals surface area (Å²) in [5.41, 5.74) is 7.61. The number of benzene rings is 2. The van der Waals surface area contributed by atoms with Gasteiger partial charge in [-0.15, -0.1) is 0 Å². The van der Waals surface area contributed by atoms with Gasteiger partial charge >= 0.3 is 0 Å². The van der Waals surface area contributed by atoms with Crippen molar-refractivity contribution in [3.05, 3.63) is 47.8 Å². The molecule has 0 bridgehead atoms. The number of nitrogens with two attached hydrogens (primary N) is 1. The average molecular weight is 462 g/mol. The molecular weight excluding hydrogens is 433 g/mol. The standard InChI is InChI=1S/C22H28FN5O3S/c1-25-32(30,31)17-5-7-20(26-8-2-3-9-26)18(15-17)22(29)28-12-10-27(11-13-28)21-6-4-16(24)14-19(21)23/h4-7,14-15,25H,2-3,8-13,24H2,1H3. The van der Waals surface area contributed by atoms with Crippen molar-refractivity contribution in [3.63, 3.8) is 0 Å². The van der Waals surface area contributed by atoms with E-state index in [1.165, 1.54) is 25.2 Å². The number of nitrogen functional groups attached to an aromatic ring is 1. The van der Waals surface area contributed by atoms with E-state index in [1.807, 2.05) is 4.90 Å². The first-order valence-electron chi connectivity index (χ1n) is 10.7. The van der Waals surface area contributed by atoms with Gasteiger partial charge in [0, 0.05) is 50.6 Å². The summed E-state index contributed by atoms with van der Waals surface area (Å²) in [7, 11) is -2.33. The summed E-state index contributed by atoms with van der Waals surface area (Å²) in [4.78, 5) is 19.3. The van der Waals surface area contributed by atoms with E-state index >= 15 is 0 Å². The molecule has 2 saturated heterocycles. The van der Waals surface area contributed by atoms with Gasteiger partial charge in [-0.1, -0.05) is 0 Å². The zero-order valence-electron chi connectivity index (χ0n) is 18.1. The number of hydrogen-bond donors (Lipinski definition) is 2. The zero-order valence-corrected chi connectivity index (χ0v) is 18.9. The van der Waals surface area contributed by atoms with Crippen LogP contribution in [0.1, 0.15) is 23.2 Å². The Morgan fingerprint density at radius 2 is 1.56 bits per heavy atom. The Morgan fingerprint density at radius 1 is 0.938 bits per heavy atom. The van der Waals surface area contributed by atoms with E-state index in [0.29, 0.717) is 43.1 Å². The fraction of sp³-hybridized carbons (Fsp3) is 0.409. The number of sulfonamides is 1. The second-order valence-corrected chi connectivity index (χ2v) is 9.96. The lowest BCUT2D eigenvalue weighted by molar-refractivity contribution is 0.0747. The molecule has 0 saturated carbocycles. The maximum absolute atomic E-state index is 14.3. The summed E-state index contributed by atoms with van der Waals surface area (Å²) in [5.74, 6) is -0.594. The fourth-order valence-corrected chi connectivity index (χ4v) is 5.06. The minimum atomic E-state index is -3.68. The molecule has 3 N–H and O–H groups in total. The maximum Gasteiger partial charge on any atom is 0.256 e. The van der Waals surface area contributed by atoms with E-state index in [0.717, 1.165) is 31.6 Å². The molecule has 10 heteroatoms. The van der Waals surface area contributed by atoms with Crippen molar-refractivity contribution >= 4 is 33.0 Å². The third-order valence-corrected chi connectivity index (χ3v) is 7.52. The third-order valence-electron chi connectivity index (χ3n) is 6.10. The highest BCUT2D eigenvalue weighted by Gasteiger charge is 2.28. The Balaban J connectivity index is 1.57. The van der Waals surface area contributed by atoms with Crippen molar-refractivity contribution < 1.29 is 17.6 Å². The highest BCUT2D eigenvalue weighted by molar-refractivity contribution is 7.89. The van der Waals surface area contributed by atoms with Crippen LogP contribution >= 0.6 is 0 Å². The summed E-state index contributed by atoms with van der Waals surface area (Å²) >= 11 is 0. The minimum absolute atomic E-state index is 0.0638. The molecule has 0 aromatic heterocycles. The summed E-state index contributed by atoms with van der Waals surface area (Å²) in [6.07, 6.45) is 2.08. The molecule has 172 valence electrons. The van der Waals surface area contributed by atoms with Crippen molar-refractivity contribution in [3.8, 4) is 0 Å². The van der Waals surface area contributed by atoms with Crippen LogP contribution in [0.3, 0.4) is 0 Å². The zero-order chi connectivity index (χ0) is 22.9. The number of hydrogen-bond acceptors (Lipinski definition) is 6. The molecular formula is C22H28FN5O3S. The predicted molar refractivity (Wildman–Crippen MR) is 123 cm³/mol. The summed E-state index contributed by atoms with van der Waals surface area (Å²) in [5, 5.41) is 0. The molecule has 8 nitrogen and oxygen atoms in total. The molecule has 2 aromatic rings. The lowest BCUT2D eigenvalue weighted by Gasteiger charge is -2.37. The van der Waals surface area contributed by atoms with Gasteiger partial charge in [-0.05, 0) is 56.3 Å². The van der Waals surface area contributed by atoms with E-state index < -0.39 is 10.0 Å². The SMILES string of the molecule is CNS(=O)(=O)c1ccc(N2CCCC2)c(C(=O)N2CCN(c3ccc(N)cc3F)CC2)c1. The van der Waals surface area contributed by atoms with Crippen LogP contribution in [0.5, 0.6) is 0 Å². The van der Waals surface area contributed by atoms with Crippen molar-refractivity contribution in [1.29, 1.82) is 0 Å². The number of piperazine rings is 1. The van der Waals surface area contributed by atoms with Crippen LogP contribution in [0.4, 0.5) is 21.5 Å². The molecule has 2 aliphatic heterocycles. The number of nitrogens with zero attached hydrogens (tertiary/aromatic N) is 3. The van der Waals surface area contributed by atoms with E-state index in [2.05, 4.69) is 9.62 Å². The van der Waals surface area contributed by atoms with Gasteiger partial charge in [0.05, 0.1) is 16.1 Å². The van der Waals surface area contributed by atoms with Gasteiger partial charge in [0.25, 0.3) is 5.91 Å². The molecule has 2 aliphatic rings. The van der Waals surface area contributed by atoms with Crippen LogP contribution in [0, 0.1) is 5.82 Å². The van der Waals surface area contributed by atoms with Gasteiger partial charge in [0.15, 0.2) is 0 Å². The van der Waals surface area contributed by atoms with Gasteiger partial charge in [-0.25, -0.2) is 17.5 Å². The van der Waals surface area contributed by atoms with E-state index in [9.17, 15) is 17.6 Å². The van der Waals surface area contributed by atoms with Gasteiger partial charge < -0.3 is 20.4 Å². The van der Waals surface area contributed by atoms with Crippen molar-refractivity contribution in [2.45, 2.75) is 17.7 Å². The number of carbonyl (C=O) groups is 1. The van der Waals surface area contributed by atoms with Crippen molar-refractivity contribution in [1.82, 2.24) is 9.62 Å². The second kappa shape index (κ2) is 8.95. The Morgan fingerprint density at radius 3 is 2.19 bits per heavy atom. The molecule has 0 aliphatic carbocycles. The smallest absolute Gasteiger partial charge is 0.256 e. The highest BCUT2D eigenvalue weighted by atomic mass is 32.2. The number of carbonyl (C=O) groups excluding carboxylic acids is 1. The number of anilines is 3. The minimum Gasteiger partial charge on any atom is -0.399 e. The molecule has 2 heterocycles. The summed E-state index contributed by atoms with van der Waals surface area (Å²) in [6.45, 7) is 3.43. The average Bonchev–Trinajstić information content (AvgIpc) is 3.33. The maximum atomic E-state index is 14.3. The Kier molecular flexibility index (Phi) is 6.25. The van der Waals surface area contributed by atoms with Crippen molar-refractivity contribution in [2.24, 2.45) is 0 Å². The van der Waals surface area contributed by atoms with Crippen LogP contribution in [-0.4, -0.2) is 65.5 Å². The van der Waals surface area contributed by atoms with Crippen LogP contribution in [0.2, 0.25) is 0 Å². The molecule has 0 unspecified atom stereocenters. The summed E-state index contributed by atoms with van der Waals surface area (Å²) < 4.78 is 41.3. The predicted octanol–water partition coefficient (Wildman–Crippen LogP) is 1.88. The fourth-order valence-electron chi connectivity index (χ4n) is 4.31. The second-order valence-electron chi connectivity index (χ2n) is 8.07. The first-order valence-corrected chi connectivity index (χ1v) is 12.2. The lowest BCUT2D eigenvalue weighted by Crippen LogP contribution is -2.49. The van der Waals surface area contributed by atoms with Crippen molar-refractivity contribution in [2.75, 3.05) is 61.8 Å².